The van der Waals surface area contributed by atoms with Gasteiger partial charge in [-0.2, -0.15) is 15.0 Å². The molecule has 0 bridgehead atoms. The molecule has 1 N–H and O–H groups in total. The number of ether oxygens (including phenoxy) is 1. The minimum atomic E-state index is -0.605. The van der Waals surface area contributed by atoms with Crippen LogP contribution in [0.25, 0.3) is 11.4 Å². The third-order valence-electron chi connectivity index (χ3n) is 2.55. The van der Waals surface area contributed by atoms with Crippen LogP contribution in [0.15, 0.2) is 18.2 Å². The van der Waals surface area contributed by atoms with Crippen molar-refractivity contribution in [2.75, 3.05) is 18.5 Å². The van der Waals surface area contributed by atoms with Crippen molar-refractivity contribution in [2.24, 2.45) is 0 Å². The summed E-state index contributed by atoms with van der Waals surface area (Å²) in [6.07, 6.45) is 0.784. The lowest BCUT2D eigenvalue weighted by molar-refractivity contribution is 0.292. The predicted molar refractivity (Wildman–Crippen MR) is 75.1 cm³/mol. The lowest BCUT2D eigenvalue weighted by atomic mass is 10.2. The van der Waals surface area contributed by atoms with Gasteiger partial charge in [-0.25, -0.2) is 8.78 Å². The Kier molecular flexibility index (Phi) is 4.97. The molecule has 0 aliphatic rings. The maximum absolute atomic E-state index is 13.8. The molecule has 5 nitrogen and oxygen atoms in total. The Morgan fingerprint density at radius 3 is 2.67 bits per heavy atom. The molecule has 0 unspecified atom stereocenters. The molecule has 2 rings (SSSR count). The van der Waals surface area contributed by atoms with Crippen LogP contribution in [0.2, 0.25) is 0 Å². The van der Waals surface area contributed by atoms with Crippen LogP contribution >= 0.6 is 0 Å². The Morgan fingerprint density at radius 1 is 1.14 bits per heavy atom. The van der Waals surface area contributed by atoms with Crippen molar-refractivity contribution in [1.29, 1.82) is 0 Å². The number of hydrogen-bond acceptors (Lipinski definition) is 5. The Hall–Kier alpha value is -2.31. The van der Waals surface area contributed by atoms with Crippen molar-refractivity contribution in [3.05, 3.63) is 29.8 Å². The van der Waals surface area contributed by atoms with Crippen LogP contribution in [0.5, 0.6) is 6.01 Å². The summed E-state index contributed by atoms with van der Waals surface area (Å²) in [6.45, 7) is 4.83. The first-order valence-electron chi connectivity index (χ1n) is 6.72. The summed E-state index contributed by atoms with van der Waals surface area (Å²) in [6, 6.07) is 3.21. The fourth-order valence-electron chi connectivity index (χ4n) is 1.64. The third-order valence-corrected chi connectivity index (χ3v) is 2.55. The molecule has 1 aromatic heterocycles. The Morgan fingerprint density at radius 2 is 1.95 bits per heavy atom. The van der Waals surface area contributed by atoms with E-state index in [0.717, 1.165) is 24.6 Å². The predicted octanol–water partition coefficient (Wildman–Crippen LogP) is 3.04. The smallest absolute Gasteiger partial charge is 0.321 e. The van der Waals surface area contributed by atoms with E-state index in [2.05, 4.69) is 20.3 Å². The quantitative estimate of drug-likeness (QED) is 0.887. The molecule has 1 aromatic carbocycles. The van der Waals surface area contributed by atoms with Crippen LogP contribution in [0.4, 0.5) is 14.7 Å². The number of nitrogens with one attached hydrogen (secondary N) is 1. The molecule has 1 heterocycles. The molecule has 21 heavy (non-hydrogen) atoms. The molecule has 7 heteroatoms. The van der Waals surface area contributed by atoms with Crippen LogP contribution in [-0.2, 0) is 0 Å². The molecule has 0 spiro atoms. The lowest BCUT2D eigenvalue weighted by Crippen LogP contribution is -2.08. The van der Waals surface area contributed by atoms with Crippen LogP contribution in [0.3, 0.4) is 0 Å². The molecule has 0 aliphatic carbocycles. The van der Waals surface area contributed by atoms with Gasteiger partial charge in [0.05, 0.1) is 12.2 Å². The van der Waals surface area contributed by atoms with E-state index in [1.54, 1.807) is 0 Å². The SMILES string of the molecule is CCCOc1nc(NCC)nc(-c2cc(F)ccc2F)n1. The van der Waals surface area contributed by atoms with Crippen molar-refractivity contribution in [3.63, 3.8) is 0 Å². The van der Waals surface area contributed by atoms with Gasteiger partial charge in [0, 0.05) is 6.54 Å². The fraction of sp³-hybridized carbons (Fsp3) is 0.357. The number of hydrogen-bond donors (Lipinski definition) is 1. The van der Waals surface area contributed by atoms with Crippen LogP contribution in [-0.4, -0.2) is 28.1 Å². The fourth-order valence-corrected chi connectivity index (χ4v) is 1.64. The standard InChI is InChI=1S/C14H16F2N4O/c1-3-7-21-14-19-12(18-13(20-14)17-4-2)10-8-9(15)5-6-11(10)16/h5-6,8H,3-4,7H2,1-2H3,(H,17,18,19,20). The first-order chi connectivity index (χ1) is 10.1. The summed E-state index contributed by atoms with van der Waals surface area (Å²) in [7, 11) is 0. The summed E-state index contributed by atoms with van der Waals surface area (Å²) in [5.41, 5.74) is -0.0297. The zero-order valence-electron chi connectivity index (χ0n) is 11.9. The third kappa shape index (κ3) is 3.84. The van der Waals surface area contributed by atoms with Gasteiger partial charge in [0.15, 0.2) is 5.82 Å². The zero-order chi connectivity index (χ0) is 15.2. The van der Waals surface area contributed by atoms with Crippen molar-refractivity contribution in [1.82, 2.24) is 15.0 Å². The van der Waals surface area contributed by atoms with E-state index in [1.165, 1.54) is 0 Å². The first kappa shape index (κ1) is 15.1. The van der Waals surface area contributed by atoms with Crippen LogP contribution in [0.1, 0.15) is 20.3 Å². The number of rotatable bonds is 6. The van der Waals surface area contributed by atoms with E-state index in [4.69, 9.17) is 4.74 Å². The molecule has 0 atom stereocenters. The van der Waals surface area contributed by atoms with E-state index < -0.39 is 11.6 Å². The molecule has 0 aliphatic heterocycles. The van der Waals surface area contributed by atoms with Crippen molar-refractivity contribution in [3.8, 4) is 17.4 Å². The van der Waals surface area contributed by atoms with Gasteiger partial charge in [0.1, 0.15) is 11.6 Å². The highest BCUT2D eigenvalue weighted by Crippen LogP contribution is 2.22. The number of anilines is 1. The molecular weight excluding hydrogens is 278 g/mol. The summed E-state index contributed by atoms with van der Waals surface area (Å²) >= 11 is 0. The summed E-state index contributed by atoms with van der Waals surface area (Å²) in [5, 5.41) is 2.91. The minimum Gasteiger partial charge on any atom is -0.463 e. The Balaban J connectivity index is 2.45. The van der Waals surface area contributed by atoms with Crippen molar-refractivity contribution in [2.45, 2.75) is 20.3 Å². The molecule has 2 aromatic rings. The van der Waals surface area contributed by atoms with Gasteiger partial charge < -0.3 is 10.1 Å². The van der Waals surface area contributed by atoms with Crippen molar-refractivity contribution >= 4 is 5.95 Å². The zero-order valence-corrected chi connectivity index (χ0v) is 11.9. The van der Waals surface area contributed by atoms with Gasteiger partial charge in [0.25, 0.3) is 0 Å². The van der Waals surface area contributed by atoms with E-state index in [0.29, 0.717) is 13.2 Å². The van der Waals surface area contributed by atoms with Crippen LogP contribution in [0, 0.1) is 11.6 Å². The maximum Gasteiger partial charge on any atom is 0.321 e. The second kappa shape index (κ2) is 6.92. The normalized spacial score (nSPS) is 10.5. The monoisotopic (exact) mass is 294 g/mol. The maximum atomic E-state index is 13.8. The van der Waals surface area contributed by atoms with Gasteiger partial charge >= 0.3 is 6.01 Å². The largest absolute Gasteiger partial charge is 0.463 e. The Bertz CT molecular complexity index is 622. The Labute approximate surface area is 121 Å². The number of benzene rings is 1. The van der Waals surface area contributed by atoms with E-state index in [1.807, 2.05) is 13.8 Å². The van der Waals surface area contributed by atoms with Gasteiger partial charge in [-0.3, -0.25) is 0 Å². The molecule has 0 saturated heterocycles. The van der Waals surface area contributed by atoms with Gasteiger partial charge in [-0.05, 0) is 31.5 Å². The lowest BCUT2D eigenvalue weighted by Gasteiger charge is -2.09. The van der Waals surface area contributed by atoms with Crippen molar-refractivity contribution < 1.29 is 13.5 Å². The minimum absolute atomic E-state index is 0.0297. The molecule has 0 saturated carbocycles. The second-order valence-corrected chi connectivity index (χ2v) is 4.27. The molecule has 0 radical (unpaired) electrons. The average Bonchev–Trinajstić information content (AvgIpc) is 2.48. The number of aromatic nitrogens is 3. The molecule has 0 fully saturated rings. The van der Waals surface area contributed by atoms with E-state index in [-0.39, 0.29) is 23.3 Å². The summed E-state index contributed by atoms with van der Waals surface area (Å²) < 4.78 is 32.5. The van der Waals surface area contributed by atoms with Gasteiger partial charge in [0.2, 0.25) is 5.95 Å². The number of halogens is 2. The molecule has 0 amide bonds. The molecule has 112 valence electrons. The van der Waals surface area contributed by atoms with Gasteiger partial charge in [-0.15, -0.1) is 0 Å². The van der Waals surface area contributed by atoms with Gasteiger partial charge in [-0.1, -0.05) is 6.92 Å². The van der Waals surface area contributed by atoms with E-state index in [9.17, 15) is 8.78 Å². The second-order valence-electron chi connectivity index (χ2n) is 4.27. The first-order valence-corrected chi connectivity index (χ1v) is 6.72. The highest BCUT2D eigenvalue weighted by Gasteiger charge is 2.14. The van der Waals surface area contributed by atoms with Crippen LogP contribution < -0.4 is 10.1 Å². The number of nitrogens with zero attached hydrogens (tertiary/aromatic N) is 3. The summed E-state index contributed by atoms with van der Waals surface area (Å²) in [4.78, 5) is 12.2. The summed E-state index contributed by atoms with van der Waals surface area (Å²) in [5.74, 6) is -0.874. The molecular formula is C14H16F2N4O. The van der Waals surface area contributed by atoms with E-state index >= 15 is 0 Å². The topological polar surface area (TPSA) is 59.9 Å². The highest BCUT2D eigenvalue weighted by atomic mass is 19.1. The average molecular weight is 294 g/mol. The highest BCUT2D eigenvalue weighted by molar-refractivity contribution is 5.57.